The zero-order chi connectivity index (χ0) is 11.7. The number of aliphatic hydroxyl groups is 1. The van der Waals surface area contributed by atoms with Gasteiger partial charge in [-0.1, -0.05) is 0 Å². The molecule has 1 amide bonds. The lowest BCUT2D eigenvalue weighted by molar-refractivity contribution is -0.141. The van der Waals surface area contributed by atoms with Crippen molar-refractivity contribution in [2.24, 2.45) is 0 Å². The van der Waals surface area contributed by atoms with Crippen LogP contribution in [0.2, 0.25) is 0 Å². The molecule has 0 spiro atoms. The normalized spacial score (nSPS) is 11.5. The van der Waals surface area contributed by atoms with Gasteiger partial charge in [-0.3, -0.25) is 4.79 Å². The van der Waals surface area contributed by atoms with E-state index in [9.17, 15) is 9.59 Å². The van der Waals surface area contributed by atoms with Crippen molar-refractivity contribution in [3.63, 3.8) is 0 Å². The second kappa shape index (κ2) is 8.08. The van der Waals surface area contributed by atoms with Crippen LogP contribution < -0.4 is 5.32 Å². The molecular formula is C8H12N2O4S. The molecule has 84 valence electrons. The first-order chi connectivity index (χ1) is 7.11. The topological polar surface area (TPSA) is 110 Å². The van der Waals surface area contributed by atoms with Crippen molar-refractivity contribution < 1.29 is 19.8 Å². The number of carbonyl (C=O) groups is 2. The first-order valence-electron chi connectivity index (χ1n) is 4.19. The predicted molar refractivity (Wildman–Crippen MR) is 54.2 cm³/mol. The Hall–Kier alpha value is -1.26. The molecule has 15 heavy (non-hydrogen) atoms. The summed E-state index contributed by atoms with van der Waals surface area (Å²) in [6.45, 7) is -0.303. The van der Waals surface area contributed by atoms with Crippen LogP contribution in [0.4, 0.5) is 0 Å². The number of nitrogens with one attached hydrogen (secondary N) is 1. The molecule has 7 heteroatoms. The number of aliphatic carboxylic acids is 1. The molecule has 0 aliphatic carbocycles. The van der Waals surface area contributed by atoms with Gasteiger partial charge >= 0.3 is 5.97 Å². The third kappa shape index (κ3) is 6.76. The second-order valence-corrected chi connectivity index (χ2v) is 3.61. The number of amides is 1. The van der Waals surface area contributed by atoms with E-state index in [0.717, 1.165) is 11.8 Å². The number of thioether (sulfide) groups is 1. The molecule has 0 aromatic rings. The first kappa shape index (κ1) is 13.7. The van der Waals surface area contributed by atoms with E-state index in [1.165, 1.54) is 0 Å². The number of nitriles is 1. The molecule has 0 heterocycles. The van der Waals surface area contributed by atoms with Crippen LogP contribution in [-0.4, -0.2) is 46.2 Å². The number of carboxylic acid groups (broad SMARTS) is 1. The Kier molecular flexibility index (Phi) is 7.40. The largest absolute Gasteiger partial charge is 0.480 e. The van der Waals surface area contributed by atoms with Gasteiger partial charge in [-0.05, 0) is 0 Å². The molecule has 0 bridgehead atoms. The van der Waals surface area contributed by atoms with E-state index >= 15 is 0 Å². The zero-order valence-electron chi connectivity index (χ0n) is 7.97. The lowest BCUT2D eigenvalue weighted by Gasteiger charge is -2.12. The molecule has 0 radical (unpaired) electrons. The summed E-state index contributed by atoms with van der Waals surface area (Å²) >= 11 is 1.10. The summed E-state index contributed by atoms with van der Waals surface area (Å²) in [6.07, 6.45) is -0.0238. The number of hydrogen-bond donors (Lipinski definition) is 3. The zero-order valence-corrected chi connectivity index (χ0v) is 8.79. The van der Waals surface area contributed by atoms with Crippen molar-refractivity contribution in [1.29, 1.82) is 5.26 Å². The summed E-state index contributed by atoms with van der Waals surface area (Å²) in [5, 5.41) is 27.6. The minimum atomic E-state index is -1.18. The summed E-state index contributed by atoms with van der Waals surface area (Å²) in [5.74, 6) is -1.40. The third-order valence-electron chi connectivity index (χ3n) is 1.45. The molecule has 0 aromatic heterocycles. The van der Waals surface area contributed by atoms with Crippen LogP contribution in [-0.2, 0) is 9.59 Å². The van der Waals surface area contributed by atoms with E-state index in [-0.39, 0.29) is 24.5 Å². The first-order valence-corrected chi connectivity index (χ1v) is 5.35. The van der Waals surface area contributed by atoms with Gasteiger partial charge < -0.3 is 15.5 Å². The van der Waals surface area contributed by atoms with Crippen molar-refractivity contribution in [2.75, 3.05) is 18.1 Å². The highest BCUT2D eigenvalue weighted by Crippen LogP contribution is 1.98. The maximum Gasteiger partial charge on any atom is 0.326 e. The second-order valence-electron chi connectivity index (χ2n) is 2.62. The number of aliphatic hydroxyl groups excluding tert-OH is 1. The summed E-state index contributed by atoms with van der Waals surface area (Å²) in [4.78, 5) is 21.7. The number of carbonyl (C=O) groups excluding carboxylic acids is 1. The molecular weight excluding hydrogens is 220 g/mol. The van der Waals surface area contributed by atoms with E-state index in [2.05, 4.69) is 5.32 Å². The molecule has 0 aromatic carbocycles. The van der Waals surface area contributed by atoms with Gasteiger partial charge in [-0.25, -0.2) is 4.79 Å². The number of hydrogen-bond acceptors (Lipinski definition) is 5. The Balaban J connectivity index is 3.90. The Morgan fingerprint density at radius 1 is 1.53 bits per heavy atom. The average molecular weight is 232 g/mol. The minimum Gasteiger partial charge on any atom is -0.480 e. The third-order valence-corrected chi connectivity index (χ3v) is 2.25. The molecule has 0 aliphatic rings. The van der Waals surface area contributed by atoms with Gasteiger partial charge in [-0.2, -0.15) is 5.26 Å². The molecule has 0 saturated carbocycles. The van der Waals surface area contributed by atoms with E-state index in [4.69, 9.17) is 15.5 Å². The summed E-state index contributed by atoms with van der Waals surface area (Å²) in [6, 6.07) is 0.786. The number of rotatable bonds is 7. The van der Waals surface area contributed by atoms with Crippen molar-refractivity contribution in [2.45, 2.75) is 12.5 Å². The fraction of sp³-hybridized carbons (Fsp3) is 0.625. The van der Waals surface area contributed by atoms with Gasteiger partial charge in [0.25, 0.3) is 0 Å². The van der Waals surface area contributed by atoms with Crippen LogP contribution in [0.5, 0.6) is 0 Å². The number of carboxylic acids is 1. The molecule has 0 aliphatic heterocycles. The van der Waals surface area contributed by atoms with Crippen LogP contribution in [0.1, 0.15) is 6.42 Å². The SMILES string of the molecule is N#CCSCC(=O)N[C@H](CCO)C(=O)O. The van der Waals surface area contributed by atoms with E-state index < -0.39 is 17.9 Å². The number of nitrogens with zero attached hydrogens (tertiary/aromatic N) is 1. The maximum atomic E-state index is 11.1. The van der Waals surface area contributed by atoms with Crippen molar-refractivity contribution in [3.8, 4) is 6.07 Å². The van der Waals surface area contributed by atoms with Crippen molar-refractivity contribution >= 4 is 23.6 Å². The molecule has 0 unspecified atom stereocenters. The van der Waals surface area contributed by atoms with Gasteiger partial charge in [0.2, 0.25) is 5.91 Å². The highest BCUT2D eigenvalue weighted by molar-refractivity contribution is 8.00. The van der Waals surface area contributed by atoms with Crippen molar-refractivity contribution in [1.82, 2.24) is 5.32 Å². The lowest BCUT2D eigenvalue weighted by atomic mass is 10.2. The van der Waals surface area contributed by atoms with Crippen LogP contribution >= 0.6 is 11.8 Å². The molecule has 0 saturated heterocycles. The standard InChI is InChI=1S/C8H12N2O4S/c9-2-4-15-5-7(12)10-6(1-3-11)8(13)14/h6,11H,1,3-5H2,(H,10,12)(H,13,14)/t6-/m1/s1. The van der Waals surface area contributed by atoms with Gasteiger partial charge in [0, 0.05) is 13.0 Å². The Morgan fingerprint density at radius 3 is 2.67 bits per heavy atom. The van der Waals surface area contributed by atoms with Crippen LogP contribution in [0.15, 0.2) is 0 Å². The van der Waals surface area contributed by atoms with Gasteiger partial charge in [0.15, 0.2) is 0 Å². The lowest BCUT2D eigenvalue weighted by Crippen LogP contribution is -2.42. The maximum absolute atomic E-state index is 11.1. The van der Waals surface area contributed by atoms with Crippen LogP contribution in [0, 0.1) is 11.3 Å². The Bertz CT molecular complexity index is 264. The van der Waals surface area contributed by atoms with E-state index in [1.807, 2.05) is 6.07 Å². The van der Waals surface area contributed by atoms with Crippen molar-refractivity contribution in [3.05, 3.63) is 0 Å². The monoisotopic (exact) mass is 232 g/mol. The van der Waals surface area contributed by atoms with Gasteiger partial charge in [0.05, 0.1) is 17.6 Å². The van der Waals surface area contributed by atoms with Gasteiger partial charge in [-0.15, -0.1) is 11.8 Å². The minimum absolute atomic E-state index is 0.0238. The van der Waals surface area contributed by atoms with E-state index in [0.29, 0.717) is 0 Å². The van der Waals surface area contributed by atoms with Gasteiger partial charge in [0.1, 0.15) is 6.04 Å². The summed E-state index contributed by atoms with van der Waals surface area (Å²) < 4.78 is 0. The fourth-order valence-corrected chi connectivity index (χ4v) is 1.27. The summed E-state index contributed by atoms with van der Waals surface area (Å²) in [7, 11) is 0. The molecule has 0 rings (SSSR count). The molecule has 3 N–H and O–H groups in total. The molecule has 6 nitrogen and oxygen atoms in total. The Morgan fingerprint density at radius 2 is 2.20 bits per heavy atom. The predicted octanol–water partition coefficient (Wildman–Crippen LogP) is -0.805. The molecule has 1 atom stereocenters. The average Bonchev–Trinajstić information content (AvgIpc) is 2.17. The van der Waals surface area contributed by atoms with Crippen LogP contribution in [0.25, 0.3) is 0 Å². The summed E-state index contributed by atoms with van der Waals surface area (Å²) in [5.41, 5.74) is 0. The smallest absolute Gasteiger partial charge is 0.326 e. The fourth-order valence-electron chi connectivity index (χ4n) is 0.812. The quantitative estimate of drug-likeness (QED) is 0.495. The van der Waals surface area contributed by atoms with Crippen LogP contribution in [0.3, 0.4) is 0 Å². The molecule has 0 fully saturated rings. The highest BCUT2D eigenvalue weighted by atomic mass is 32.2. The highest BCUT2D eigenvalue weighted by Gasteiger charge is 2.18. The Labute approximate surface area is 91.3 Å². The van der Waals surface area contributed by atoms with E-state index in [1.54, 1.807) is 0 Å².